The second kappa shape index (κ2) is 13.5. The van der Waals surface area contributed by atoms with Crippen LogP contribution in [0.25, 0.3) is 0 Å². The first-order valence-electron chi connectivity index (χ1n) is 14.1. The second-order valence-electron chi connectivity index (χ2n) is 11.3. The SMILES string of the molecule is C#CCCC1(CCNC(=O)C2CN(C3CCC(c4cc(C)n(C)n4)CC3)C(Cc3ccc(Cl)cc3)CO2)N=N1.Cl. The van der Waals surface area contributed by atoms with Crippen LogP contribution < -0.4 is 5.32 Å². The van der Waals surface area contributed by atoms with Crippen LogP contribution in [0.4, 0.5) is 0 Å². The van der Waals surface area contributed by atoms with Gasteiger partial charge >= 0.3 is 0 Å². The van der Waals surface area contributed by atoms with Crippen molar-refractivity contribution in [3.05, 3.63) is 52.3 Å². The molecule has 40 heavy (non-hydrogen) atoms. The lowest BCUT2D eigenvalue weighted by atomic mass is 9.82. The predicted octanol–water partition coefficient (Wildman–Crippen LogP) is 5.22. The van der Waals surface area contributed by atoms with E-state index in [2.05, 4.69) is 51.5 Å². The number of morpholine rings is 1. The van der Waals surface area contributed by atoms with Gasteiger partial charge in [-0.15, -0.1) is 24.8 Å². The predicted molar refractivity (Wildman–Crippen MR) is 159 cm³/mol. The quantitative estimate of drug-likeness (QED) is 0.387. The zero-order chi connectivity index (χ0) is 27.4. The molecule has 2 aliphatic heterocycles. The molecule has 1 N–H and O–H groups in total. The van der Waals surface area contributed by atoms with Gasteiger partial charge in [-0.1, -0.05) is 23.7 Å². The van der Waals surface area contributed by atoms with Crippen molar-refractivity contribution in [2.45, 2.75) is 88.1 Å². The molecule has 0 spiro atoms. The molecule has 1 saturated heterocycles. The molecule has 1 saturated carbocycles. The van der Waals surface area contributed by atoms with E-state index in [9.17, 15) is 4.79 Å². The zero-order valence-electron chi connectivity index (χ0n) is 23.4. The fourth-order valence-corrected chi connectivity index (χ4v) is 6.18. The van der Waals surface area contributed by atoms with Gasteiger partial charge in [-0.2, -0.15) is 15.3 Å². The lowest BCUT2D eigenvalue weighted by molar-refractivity contribution is -0.145. The topological polar surface area (TPSA) is 84.1 Å². The number of hydrogen-bond acceptors (Lipinski definition) is 6. The van der Waals surface area contributed by atoms with E-state index >= 15 is 0 Å². The summed E-state index contributed by atoms with van der Waals surface area (Å²) in [5.74, 6) is 3.08. The van der Waals surface area contributed by atoms with E-state index in [4.69, 9.17) is 27.9 Å². The number of nitrogens with one attached hydrogen (secondary N) is 1. The summed E-state index contributed by atoms with van der Waals surface area (Å²) in [7, 11) is 2.01. The van der Waals surface area contributed by atoms with Crippen LogP contribution in [0.3, 0.4) is 0 Å². The van der Waals surface area contributed by atoms with Gasteiger partial charge in [0.05, 0.1) is 12.3 Å². The molecule has 10 heteroatoms. The first kappa shape index (κ1) is 30.5. The number of aromatic nitrogens is 2. The lowest BCUT2D eigenvalue weighted by Crippen LogP contribution is -2.58. The number of halogens is 2. The van der Waals surface area contributed by atoms with E-state index in [1.165, 1.54) is 17.0 Å². The Labute approximate surface area is 248 Å². The van der Waals surface area contributed by atoms with E-state index in [1.54, 1.807) is 0 Å². The van der Waals surface area contributed by atoms with Gasteiger partial charge in [0.15, 0.2) is 5.66 Å². The summed E-state index contributed by atoms with van der Waals surface area (Å²) in [6.07, 6.45) is 12.2. The third-order valence-corrected chi connectivity index (χ3v) is 8.86. The van der Waals surface area contributed by atoms with E-state index < -0.39 is 11.8 Å². The number of carbonyl (C=O) groups excluding carboxylic acids is 1. The first-order chi connectivity index (χ1) is 18.9. The Morgan fingerprint density at radius 1 is 1.20 bits per heavy atom. The largest absolute Gasteiger partial charge is 0.365 e. The van der Waals surface area contributed by atoms with Gasteiger partial charge in [-0.25, -0.2) is 0 Å². The average molecular weight is 588 g/mol. The van der Waals surface area contributed by atoms with Gasteiger partial charge in [0.25, 0.3) is 0 Å². The number of nitrogens with zero attached hydrogens (tertiary/aromatic N) is 5. The standard InChI is InChI=1S/C30H39ClN6O2.ClH/c1-4-5-14-30(34-35-30)15-16-32-29(38)28-19-37(26(20-39-28)18-22-6-10-24(31)11-7-22)25-12-8-23(9-13-25)27-17-21(2)36(3)33-27;/h1,6-7,10-11,17,23,25-26,28H,5,8-9,12-16,18-20H2,2-3H3,(H,32,38);1H. The van der Waals surface area contributed by atoms with Crippen LogP contribution in [0.15, 0.2) is 40.6 Å². The van der Waals surface area contributed by atoms with Crippen molar-refractivity contribution >= 4 is 29.9 Å². The molecule has 0 bridgehead atoms. The molecule has 8 nitrogen and oxygen atoms in total. The fraction of sp³-hybridized carbons (Fsp3) is 0.600. The summed E-state index contributed by atoms with van der Waals surface area (Å²) < 4.78 is 8.14. The molecule has 1 amide bonds. The van der Waals surface area contributed by atoms with Gasteiger partial charge in [-0.05, 0) is 62.8 Å². The van der Waals surface area contributed by atoms with Crippen LogP contribution in [0.5, 0.6) is 0 Å². The highest BCUT2D eigenvalue weighted by molar-refractivity contribution is 6.30. The molecule has 2 unspecified atom stereocenters. The zero-order valence-corrected chi connectivity index (χ0v) is 25.0. The third-order valence-electron chi connectivity index (χ3n) is 8.61. The van der Waals surface area contributed by atoms with Crippen LogP contribution in [0, 0.1) is 19.3 Å². The smallest absolute Gasteiger partial charge is 0.250 e. The van der Waals surface area contributed by atoms with Crippen molar-refractivity contribution in [2.24, 2.45) is 17.3 Å². The van der Waals surface area contributed by atoms with E-state index in [0.717, 1.165) is 43.5 Å². The van der Waals surface area contributed by atoms with Crippen LogP contribution in [0.1, 0.15) is 67.8 Å². The number of rotatable bonds is 10. The molecule has 2 atom stereocenters. The van der Waals surface area contributed by atoms with Crippen LogP contribution in [-0.2, 0) is 23.0 Å². The molecule has 5 rings (SSSR count). The average Bonchev–Trinajstić information content (AvgIpc) is 3.64. The third kappa shape index (κ3) is 7.44. The molecule has 1 aliphatic carbocycles. The molecule has 1 aromatic heterocycles. The van der Waals surface area contributed by atoms with Crippen molar-refractivity contribution < 1.29 is 9.53 Å². The minimum absolute atomic E-state index is 0. The summed E-state index contributed by atoms with van der Waals surface area (Å²) in [5, 5.41) is 16.9. The Morgan fingerprint density at radius 2 is 1.93 bits per heavy atom. The fourth-order valence-electron chi connectivity index (χ4n) is 6.05. The maximum absolute atomic E-state index is 13.1. The second-order valence-corrected chi connectivity index (χ2v) is 11.7. The van der Waals surface area contributed by atoms with Crippen molar-refractivity contribution in [3.63, 3.8) is 0 Å². The number of terminal acetylenes is 1. The van der Waals surface area contributed by atoms with Crippen LogP contribution in [-0.4, -0.2) is 64.1 Å². The minimum Gasteiger partial charge on any atom is -0.365 e. The minimum atomic E-state index is -0.489. The summed E-state index contributed by atoms with van der Waals surface area (Å²) in [6.45, 7) is 3.74. The number of hydrogen-bond donors (Lipinski definition) is 1. The number of amides is 1. The number of carbonyl (C=O) groups is 1. The van der Waals surface area contributed by atoms with Gasteiger partial charge in [0.2, 0.25) is 5.91 Å². The van der Waals surface area contributed by atoms with Crippen molar-refractivity contribution in [1.29, 1.82) is 0 Å². The summed E-state index contributed by atoms with van der Waals surface area (Å²) in [4.78, 5) is 15.7. The number of benzene rings is 1. The lowest BCUT2D eigenvalue weighted by Gasteiger charge is -2.45. The molecule has 2 aromatic rings. The Morgan fingerprint density at radius 3 is 2.55 bits per heavy atom. The van der Waals surface area contributed by atoms with E-state index in [-0.39, 0.29) is 24.4 Å². The molecule has 1 aromatic carbocycles. The highest BCUT2D eigenvalue weighted by Gasteiger charge is 2.40. The Balaban J connectivity index is 0.00000370. The first-order valence-corrected chi connectivity index (χ1v) is 14.5. The molecule has 0 radical (unpaired) electrons. The molecular formula is C30H40Cl2N6O2. The normalized spacial score (nSPS) is 25.6. The van der Waals surface area contributed by atoms with Gasteiger partial charge in [-0.3, -0.25) is 14.4 Å². The molecule has 216 valence electrons. The van der Waals surface area contributed by atoms with Crippen LogP contribution >= 0.6 is 24.0 Å². The van der Waals surface area contributed by atoms with Crippen LogP contribution in [0.2, 0.25) is 5.02 Å². The van der Waals surface area contributed by atoms with Gasteiger partial charge < -0.3 is 10.1 Å². The Bertz CT molecular complexity index is 1190. The van der Waals surface area contributed by atoms with Crippen molar-refractivity contribution in [2.75, 3.05) is 19.7 Å². The molecular weight excluding hydrogens is 547 g/mol. The summed E-state index contributed by atoms with van der Waals surface area (Å²) >= 11 is 6.13. The van der Waals surface area contributed by atoms with E-state index in [1.807, 2.05) is 23.9 Å². The molecule has 2 fully saturated rings. The molecule has 3 aliphatic rings. The number of aryl methyl sites for hydroxylation is 2. The number of ether oxygens (including phenoxy) is 1. The Kier molecular flexibility index (Phi) is 10.3. The monoisotopic (exact) mass is 586 g/mol. The van der Waals surface area contributed by atoms with Crippen molar-refractivity contribution in [3.8, 4) is 12.3 Å². The highest BCUT2D eigenvalue weighted by atomic mass is 35.5. The summed E-state index contributed by atoms with van der Waals surface area (Å²) in [5.41, 5.74) is 3.24. The van der Waals surface area contributed by atoms with Crippen molar-refractivity contribution in [1.82, 2.24) is 20.0 Å². The Hall–Kier alpha value is -2.44. The maximum atomic E-state index is 13.1. The molecule has 3 heterocycles. The maximum Gasteiger partial charge on any atom is 0.250 e. The van der Waals surface area contributed by atoms with Gasteiger partial charge in [0.1, 0.15) is 6.10 Å². The summed E-state index contributed by atoms with van der Waals surface area (Å²) in [6, 6.07) is 10.9. The van der Waals surface area contributed by atoms with Gasteiger partial charge in [0, 0.05) is 68.1 Å². The van der Waals surface area contributed by atoms with E-state index in [0.29, 0.717) is 44.5 Å². The highest BCUT2D eigenvalue weighted by Crippen LogP contribution is 2.37.